The highest BCUT2D eigenvalue weighted by atomic mass is 79.9. The quantitative estimate of drug-likeness (QED) is 0.901. The van der Waals surface area contributed by atoms with Crippen LogP contribution >= 0.6 is 15.9 Å². The van der Waals surface area contributed by atoms with Gasteiger partial charge in [0.05, 0.1) is 6.04 Å². The normalized spacial score (nSPS) is 11.9. The second-order valence-corrected chi connectivity index (χ2v) is 5.44. The maximum atomic E-state index is 12.1. The van der Waals surface area contributed by atoms with Gasteiger partial charge in [0.2, 0.25) is 0 Å². The van der Waals surface area contributed by atoms with Crippen molar-refractivity contribution in [2.75, 3.05) is 0 Å². The van der Waals surface area contributed by atoms with Crippen LogP contribution in [0, 0.1) is 6.92 Å². The molecule has 1 atom stereocenters. The lowest BCUT2D eigenvalue weighted by molar-refractivity contribution is 0.0940. The molecule has 2 aromatic carbocycles. The Labute approximate surface area is 122 Å². The predicted octanol–water partition coefficient (Wildman–Crippen LogP) is 4.25. The van der Waals surface area contributed by atoms with Crippen molar-refractivity contribution in [2.24, 2.45) is 0 Å². The van der Waals surface area contributed by atoms with Crippen LogP contribution in [0.5, 0.6) is 0 Å². The van der Waals surface area contributed by atoms with Crippen molar-refractivity contribution >= 4 is 21.8 Å². The molecule has 0 aromatic heterocycles. The van der Waals surface area contributed by atoms with E-state index in [1.54, 1.807) is 0 Å². The standard InChI is InChI=1S/C16H16BrNO/c1-11-7-9-13(10-8-11)16(19)18-12(2)14-5-3-4-6-15(14)17/h3-10,12H,1-2H3,(H,18,19)/t12-/m1/s1. The lowest BCUT2D eigenvalue weighted by Gasteiger charge is -2.16. The number of amides is 1. The zero-order chi connectivity index (χ0) is 13.8. The summed E-state index contributed by atoms with van der Waals surface area (Å²) in [7, 11) is 0. The number of benzene rings is 2. The summed E-state index contributed by atoms with van der Waals surface area (Å²) in [5, 5.41) is 3.00. The highest BCUT2D eigenvalue weighted by molar-refractivity contribution is 9.10. The van der Waals surface area contributed by atoms with Gasteiger partial charge >= 0.3 is 0 Å². The largest absolute Gasteiger partial charge is 0.345 e. The molecule has 0 bridgehead atoms. The van der Waals surface area contributed by atoms with Gasteiger partial charge in [0.1, 0.15) is 0 Å². The number of carbonyl (C=O) groups is 1. The summed E-state index contributed by atoms with van der Waals surface area (Å²) in [6.45, 7) is 3.98. The van der Waals surface area contributed by atoms with Crippen LogP contribution in [0.15, 0.2) is 53.0 Å². The number of nitrogens with one attached hydrogen (secondary N) is 1. The molecule has 0 spiro atoms. The van der Waals surface area contributed by atoms with Crippen molar-refractivity contribution in [1.82, 2.24) is 5.32 Å². The minimum atomic E-state index is -0.0525. The van der Waals surface area contributed by atoms with Crippen molar-refractivity contribution in [3.05, 3.63) is 69.7 Å². The Hall–Kier alpha value is -1.61. The van der Waals surface area contributed by atoms with E-state index in [0.717, 1.165) is 15.6 Å². The lowest BCUT2D eigenvalue weighted by Crippen LogP contribution is -2.26. The fourth-order valence-corrected chi connectivity index (χ4v) is 2.52. The summed E-state index contributed by atoms with van der Waals surface area (Å²) < 4.78 is 1.01. The Morgan fingerprint density at radius 3 is 2.37 bits per heavy atom. The predicted molar refractivity (Wildman–Crippen MR) is 81.2 cm³/mol. The molecule has 0 saturated heterocycles. The number of hydrogen-bond donors (Lipinski definition) is 1. The minimum absolute atomic E-state index is 0.0376. The summed E-state index contributed by atoms with van der Waals surface area (Å²) in [5.41, 5.74) is 2.91. The molecule has 0 aliphatic heterocycles. The van der Waals surface area contributed by atoms with Gasteiger partial charge in [-0.15, -0.1) is 0 Å². The van der Waals surface area contributed by atoms with Crippen LogP contribution in [-0.2, 0) is 0 Å². The fraction of sp³-hybridized carbons (Fsp3) is 0.188. The van der Waals surface area contributed by atoms with Gasteiger partial charge in [-0.25, -0.2) is 0 Å². The lowest BCUT2D eigenvalue weighted by atomic mass is 10.1. The number of aryl methyl sites for hydroxylation is 1. The maximum Gasteiger partial charge on any atom is 0.251 e. The van der Waals surface area contributed by atoms with Gasteiger partial charge in [-0.2, -0.15) is 0 Å². The molecule has 1 N–H and O–H groups in total. The Kier molecular flexibility index (Phi) is 4.38. The first-order chi connectivity index (χ1) is 9.08. The smallest absolute Gasteiger partial charge is 0.251 e. The van der Waals surface area contributed by atoms with Gasteiger partial charge < -0.3 is 5.32 Å². The molecule has 1 amide bonds. The zero-order valence-electron chi connectivity index (χ0n) is 11.0. The third-order valence-corrected chi connectivity index (χ3v) is 3.76. The molecule has 0 fully saturated rings. The number of carbonyl (C=O) groups excluding carboxylic acids is 1. The van der Waals surface area contributed by atoms with Crippen molar-refractivity contribution in [1.29, 1.82) is 0 Å². The Bertz CT molecular complexity index is 578. The third-order valence-electron chi connectivity index (χ3n) is 3.03. The van der Waals surface area contributed by atoms with Crippen molar-refractivity contribution in [3.63, 3.8) is 0 Å². The molecule has 0 heterocycles. The molecular weight excluding hydrogens is 302 g/mol. The van der Waals surface area contributed by atoms with Crippen LogP contribution in [-0.4, -0.2) is 5.91 Å². The average Bonchev–Trinajstić information content (AvgIpc) is 2.39. The molecule has 2 aromatic rings. The van der Waals surface area contributed by atoms with E-state index in [1.165, 1.54) is 0 Å². The van der Waals surface area contributed by atoms with E-state index >= 15 is 0 Å². The van der Waals surface area contributed by atoms with E-state index in [-0.39, 0.29) is 11.9 Å². The highest BCUT2D eigenvalue weighted by Crippen LogP contribution is 2.22. The molecule has 0 saturated carbocycles. The van der Waals surface area contributed by atoms with Crippen LogP contribution in [0.3, 0.4) is 0 Å². The SMILES string of the molecule is Cc1ccc(C(=O)N[C@H](C)c2ccccc2Br)cc1. The first kappa shape index (κ1) is 13.8. The summed E-state index contributed by atoms with van der Waals surface area (Å²) in [6, 6.07) is 15.4. The number of hydrogen-bond acceptors (Lipinski definition) is 1. The third kappa shape index (κ3) is 3.44. The zero-order valence-corrected chi connectivity index (χ0v) is 12.6. The van der Waals surface area contributed by atoms with Gasteiger partial charge in [-0.1, -0.05) is 51.8 Å². The second-order valence-electron chi connectivity index (χ2n) is 4.58. The summed E-state index contributed by atoms with van der Waals surface area (Å²) in [5.74, 6) is -0.0525. The number of rotatable bonds is 3. The molecule has 0 radical (unpaired) electrons. The van der Waals surface area contributed by atoms with Crippen LogP contribution in [0.4, 0.5) is 0 Å². The van der Waals surface area contributed by atoms with Crippen molar-refractivity contribution in [2.45, 2.75) is 19.9 Å². The van der Waals surface area contributed by atoms with Gasteiger partial charge in [0.15, 0.2) is 0 Å². The molecule has 2 rings (SSSR count). The molecule has 98 valence electrons. The van der Waals surface area contributed by atoms with E-state index in [1.807, 2.05) is 62.4 Å². The first-order valence-corrected chi connectivity index (χ1v) is 6.99. The monoisotopic (exact) mass is 317 g/mol. The molecule has 2 nitrogen and oxygen atoms in total. The van der Waals surface area contributed by atoms with Crippen LogP contribution in [0.2, 0.25) is 0 Å². The van der Waals surface area contributed by atoms with Crippen LogP contribution < -0.4 is 5.32 Å². The summed E-state index contributed by atoms with van der Waals surface area (Å²) in [6.07, 6.45) is 0. The molecule has 0 unspecified atom stereocenters. The fourth-order valence-electron chi connectivity index (χ4n) is 1.89. The molecule has 3 heteroatoms. The van der Waals surface area contributed by atoms with E-state index < -0.39 is 0 Å². The van der Waals surface area contributed by atoms with E-state index in [4.69, 9.17) is 0 Å². The summed E-state index contributed by atoms with van der Waals surface area (Å²) in [4.78, 5) is 12.1. The topological polar surface area (TPSA) is 29.1 Å². The number of halogens is 1. The molecular formula is C16H16BrNO. The van der Waals surface area contributed by atoms with Gasteiger partial charge in [0.25, 0.3) is 5.91 Å². The highest BCUT2D eigenvalue weighted by Gasteiger charge is 2.13. The van der Waals surface area contributed by atoms with E-state index in [9.17, 15) is 4.79 Å². The van der Waals surface area contributed by atoms with E-state index in [0.29, 0.717) is 5.56 Å². The van der Waals surface area contributed by atoms with Crippen molar-refractivity contribution < 1.29 is 4.79 Å². The van der Waals surface area contributed by atoms with Gasteiger partial charge in [0, 0.05) is 10.0 Å². The van der Waals surface area contributed by atoms with Gasteiger partial charge in [-0.05, 0) is 37.6 Å². The minimum Gasteiger partial charge on any atom is -0.345 e. The first-order valence-electron chi connectivity index (χ1n) is 6.20. The van der Waals surface area contributed by atoms with E-state index in [2.05, 4.69) is 21.2 Å². The maximum absolute atomic E-state index is 12.1. The second kappa shape index (κ2) is 6.02. The molecule has 0 aliphatic carbocycles. The Balaban J connectivity index is 2.11. The Morgan fingerprint density at radius 2 is 1.74 bits per heavy atom. The summed E-state index contributed by atoms with van der Waals surface area (Å²) >= 11 is 3.50. The van der Waals surface area contributed by atoms with Gasteiger partial charge in [-0.3, -0.25) is 4.79 Å². The molecule has 19 heavy (non-hydrogen) atoms. The van der Waals surface area contributed by atoms with Crippen molar-refractivity contribution in [3.8, 4) is 0 Å². The molecule has 0 aliphatic rings. The van der Waals surface area contributed by atoms with Crippen LogP contribution in [0.1, 0.15) is 34.5 Å². The van der Waals surface area contributed by atoms with Crippen LogP contribution in [0.25, 0.3) is 0 Å². The average molecular weight is 318 g/mol. The Morgan fingerprint density at radius 1 is 1.11 bits per heavy atom.